The highest BCUT2D eigenvalue weighted by molar-refractivity contribution is 6.36. The zero-order valence-electron chi connectivity index (χ0n) is 19.2. The number of ether oxygens (including phenoxy) is 1. The Labute approximate surface area is 201 Å². The van der Waals surface area contributed by atoms with Gasteiger partial charge in [0.2, 0.25) is 5.78 Å². The first-order valence-electron chi connectivity index (χ1n) is 10.0. The second kappa shape index (κ2) is 9.54. The number of hydroxylamine groups is 2. The fourth-order valence-corrected chi connectivity index (χ4v) is 3.65. The minimum atomic E-state index is -0.642. The second-order valence-corrected chi connectivity index (χ2v) is 9.13. The van der Waals surface area contributed by atoms with Gasteiger partial charge in [-0.2, -0.15) is 0 Å². The highest BCUT2D eigenvalue weighted by Gasteiger charge is 2.23. The van der Waals surface area contributed by atoms with Gasteiger partial charge in [-0.15, -0.1) is 0 Å². The molecule has 2 amide bonds. The van der Waals surface area contributed by atoms with Gasteiger partial charge in [-0.05, 0) is 45.9 Å². The predicted molar refractivity (Wildman–Crippen MR) is 125 cm³/mol. The number of aryl methyl sites for hydroxylation is 1. The third-order valence-corrected chi connectivity index (χ3v) is 5.24. The average Bonchev–Trinajstić information content (AvgIpc) is 3.13. The van der Waals surface area contributed by atoms with Gasteiger partial charge < -0.3 is 10.1 Å². The van der Waals surface area contributed by atoms with E-state index < -0.39 is 17.6 Å². The lowest BCUT2D eigenvalue weighted by molar-refractivity contribution is -0.0760. The molecule has 0 saturated heterocycles. The van der Waals surface area contributed by atoms with Gasteiger partial charge in [-0.1, -0.05) is 23.2 Å². The molecule has 0 atom stereocenters. The van der Waals surface area contributed by atoms with Crippen molar-refractivity contribution in [3.63, 3.8) is 0 Å². The Kier molecular flexibility index (Phi) is 7.16. The van der Waals surface area contributed by atoms with Crippen LogP contribution in [-0.4, -0.2) is 51.2 Å². The molecule has 2 heterocycles. The summed E-state index contributed by atoms with van der Waals surface area (Å²) in [5.74, 6) is -0.148. The van der Waals surface area contributed by atoms with E-state index in [2.05, 4.69) is 15.3 Å². The molecule has 2 aromatic heterocycles. The Morgan fingerprint density at radius 1 is 1.21 bits per heavy atom. The Bertz CT molecular complexity index is 1220. The predicted octanol–water partition coefficient (Wildman–Crippen LogP) is 4.67. The van der Waals surface area contributed by atoms with Crippen molar-refractivity contribution in [3.05, 3.63) is 51.4 Å². The largest absolute Gasteiger partial charge is 0.444 e. The highest BCUT2D eigenvalue weighted by Crippen LogP contribution is 2.34. The van der Waals surface area contributed by atoms with E-state index in [1.807, 2.05) is 0 Å². The van der Waals surface area contributed by atoms with E-state index in [0.29, 0.717) is 38.3 Å². The average molecular weight is 494 g/mol. The third kappa shape index (κ3) is 5.55. The maximum absolute atomic E-state index is 12.6. The Morgan fingerprint density at radius 3 is 2.52 bits per heavy atom. The number of nitrogens with zero attached hydrogens (tertiary/aromatic N) is 4. The number of hydrogen-bond acceptors (Lipinski definition) is 6. The second-order valence-electron chi connectivity index (χ2n) is 8.29. The molecule has 0 saturated carbocycles. The molecule has 0 aliphatic heterocycles. The summed E-state index contributed by atoms with van der Waals surface area (Å²) in [7, 11) is 2.87. The van der Waals surface area contributed by atoms with Crippen molar-refractivity contribution in [2.24, 2.45) is 0 Å². The number of carbonyl (C=O) groups excluding carboxylic acids is 2. The molecule has 3 aromatic rings. The highest BCUT2D eigenvalue weighted by atomic mass is 35.5. The van der Waals surface area contributed by atoms with Crippen LogP contribution in [0.25, 0.3) is 17.0 Å². The minimum Gasteiger partial charge on any atom is -0.444 e. The molecule has 0 fully saturated rings. The number of aromatic nitrogens is 3. The van der Waals surface area contributed by atoms with E-state index in [-0.39, 0.29) is 12.2 Å². The molecular weight excluding hydrogens is 469 g/mol. The van der Waals surface area contributed by atoms with Crippen LogP contribution < -0.4 is 5.32 Å². The monoisotopic (exact) mass is 493 g/mol. The van der Waals surface area contributed by atoms with Gasteiger partial charge in [-0.3, -0.25) is 14.0 Å². The normalized spacial score (nSPS) is 11.5. The summed E-state index contributed by atoms with van der Waals surface area (Å²) in [6.45, 7) is 7.25. The van der Waals surface area contributed by atoms with Crippen LogP contribution in [0.4, 0.5) is 4.79 Å². The molecule has 0 radical (unpaired) electrons. The van der Waals surface area contributed by atoms with E-state index in [4.69, 9.17) is 32.8 Å². The van der Waals surface area contributed by atoms with Gasteiger partial charge in [-0.25, -0.2) is 19.8 Å². The van der Waals surface area contributed by atoms with Crippen molar-refractivity contribution in [1.29, 1.82) is 0 Å². The fraction of sp³-hybridized carbons (Fsp3) is 0.364. The SMILES string of the molecule is CON(C)C(=O)c1cn2c(-c3ccc(Cl)cc3Cl)c(CNC(=O)OC(C)(C)C)c(C)nc2n1. The number of fused-ring (bicyclic) bond motifs is 1. The van der Waals surface area contributed by atoms with E-state index in [0.717, 1.165) is 5.06 Å². The van der Waals surface area contributed by atoms with Crippen LogP contribution in [0.3, 0.4) is 0 Å². The topological polar surface area (TPSA) is 98.1 Å². The maximum Gasteiger partial charge on any atom is 0.407 e. The summed E-state index contributed by atoms with van der Waals surface area (Å²) in [6.07, 6.45) is 0.981. The molecule has 1 aromatic carbocycles. The number of amides is 2. The molecule has 0 spiro atoms. The maximum atomic E-state index is 12.6. The first-order chi connectivity index (χ1) is 15.4. The summed E-state index contributed by atoms with van der Waals surface area (Å²) in [4.78, 5) is 38.8. The Morgan fingerprint density at radius 2 is 1.91 bits per heavy atom. The standard InChI is InChI=1S/C22H25Cl2N5O4/c1-12-15(10-25-21(31)33-22(2,3)4)18(14-8-7-13(23)9-16(14)24)29-11-17(27-20(29)26-12)19(30)28(5)32-6/h7-9,11H,10H2,1-6H3,(H,25,31). The van der Waals surface area contributed by atoms with E-state index in [1.165, 1.54) is 14.2 Å². The lowest BCUT2D eigenvalue weighted by Gasteiger charge is -2.21. The van der Waals surface area contributed by atoms with Gasteiger partial charge in [0.25, 0.3) is 5.91 Å². The van der Waals surface area contributed by atoms with Crippen LogP contribution in [0.5, 0.6) is 0 Å². The number of imidazole rings is 1. The Hall–Kier alpha value is -2.88. The van der Waals surface area contributed by atoms with Gasteiger partial charge in [0.1, 0.15) is 5.60 Å². The summed E-state index contributed by atoms with van der Waals surface area (Å²) < 4.78 is 7.01. The van der Waals surface area contributed by atoms with Crippen molar-refractivity contribution in [1.82, 2.24) is 24.7 Å². The fourth-order valence-electron chi connectivity index (χ4n) is 3.16. The first kappa shape index (κ1) is 24.8. The smallest absolute Gasteiger partial charge is 0.407 e. The number of benzene rings is 1. The van der Waals surface area contributed by atoms with Crippen LogP contribution in [0.2, 0.25) is 10.0 Å². The summed E-state index contributed by atoms with van der Waals surface area (Å²) in [5.41, 5.74) is 2.01. The van der Waals surface area contributed by atoms with Gasteiger partial charge in [0, 0.05) is 35.1 Å². The van der Waals surface area contributed by atoms with E-state index >= 15 is 0 Å². The number of nitrogens with one attached hydrogen (secondary N) is 1. The van der Waals surface area contributed by atoms with Gasteiger partial charge in [0.15, 0.2) is 5.69 Å². The van der Waals surface area contributed by atoms with Crippen LogP contribution in [0, 0.1) is 6.92 Å². The lowest BCUT2D eigenvalue weighted by atomic mass is 10.0. The van der Waals surface area contributed by atoms with Crippen LogP contribution in [0.1, 0.15) is 42.5 Å². The third-order valence-electron chi connectivity index (χ3n) is 4.69. The molecule has 3 rings (SSSR count). The molecule has 11 heteroatoms. The number of carbonyl (C=O) groups is 2. The zero-order chi connectivity index (χ0) is 24.5. The quantitative estimate of drug-likeness (QED) is 0.518. The van der Waals surface area contributed by atoms with Gasteiger partial charge >= 0.3 is 6.09 Å². The number of hydrogen-bond donors (Lipinski definition) is 1. The summed E-state index contributed by atoms with van der Waals surface area (Å²) in [5, 5.41) is 4.69. The molecule has 33 heavy (non-hydrogen) atoms. The molecule has 176 valence electrons. The minimum absolute atomic E-state index is 0.109. The van der Waals surface area contributed by atoms with Crippen molar-refractivity contribution >= 4 is 41.0 Å². The van der Waals surface area contributed by atoms with E-state index in [1.54, 1.807) is 56.5 Å². The number of rotatable bonds is 5. The van der Waals surface area contributed by atoms with Crippen LogP contribution >= 0.6 is 23.2 Å². The molecule has 0 unspecified atom stereocenters. The number of halogens is 2. The molecule has 0 aliphatic carbocycles. The van der Waals surface area contributed by atoms with Crippen LogP contribution in [0.15, 0.2) is 24.4 Å². The molecular formula is C22H25Cl2N5O4. The van der Waals surface area contributed by atoms with E-state index in [9.17, 15) is 9.59 Å². The summed E-state index contributed by atoms with van der Waals surface area (Å²) in [6, 6.07) is 5.09. The van der Waals surface area contributed by atoms with Crippen molar-refractivity contribution < 1.29 is 19.2 Å². The Balaban J connectivity index is 2.17. The van der Waals surface area contributed by atoms with Gasteiger partial charge in [0.05, 0.1) is 24.4 Å². The first-order valence-corrected chi connectivity index (χ1v) is 10.8. The molecule has 0 aliphatic rings. The van der Waals surface area contributed by atoms with Crippen molar-refractivity contribution in [3.8, 4) is 11.3 Å². The van der Waals surface area contributed by atoms with Crippen molar-refractivity contribution in [2.75, 3.05) is 14.2 Å². The number of alkyl carbamates (subject to hydrolysis) is 1. The molecule has 1 N–H and O–H groups in total. The lowest BCUT2D eigenvalue weighted by Crippen LogP contribution is -2.32. The summed E-state index contributed by atoms with van der Waals surface area (Å²) >= 11 is 12.6. The van der Waals surface area contributed by atoms with Crippen molar-refractivity contribution in [2.45, 2.75) is 39.8 Å². The zero-order valence-corrected chi connectivity index (χ0v) is 20.7. The van der Waals surface area contributed by atoms with Crippen LogP contribution in [-0.2, 0) is 16.1 Å². The molecule has 0 bridgehead atoms. The molecule has 9 nitrogen and oxygen atoms in total.